The van der Waals surface area contributed by atoms with Gasteiger partial charge in [0.2, 0.25) is 5.66 Å². The molecule has 3 aromatic rings. The van der Waals surface area contributed by atoms with Gasteiger partial charge in [0.15, 0.2) is 5.30 Å². The Labute approximate surface area is 146 Å². The van der Waals surface area contributed by atoms with Gasteiger partial charge in [0.25, 0.3) is 0 Å². The van der Waals surface area contributed by atoms with Crippen LogP contribution >= 0.6 is 31.0 Å². The highest BCUT2D eigenvalue weighted by molar-refractivity contribution is 7.54. The highest BCUT2D eigenvalue weighted by Crippen LogP contribution is 2.49. The van der Waals surface area contributed by atoms with Gasteiger partial charge in [-0.15, -0.1) is 0 Å². The Bertz CT molecular complexity index is 799. The SMILES string of the molecule is O=[P+](c1ccccc1)C(c1ccccc1)c1c(Cl)cccc1Cl. The van der Waals surface area contributed by atoms with E-state index in [1.165, 1.54) is 0 Å². The lowest BCUT2D eigenvalue weighted by Gasteiger charge is -2.12. The highest BCUT2D eigenvalue weighted by atomic mass is 35.5. The predicted molar refractivity (Wildman–Crippen MR) is 98.4 cm³/mol. The summed E-state index contributed by atoms with van der Waals surface area (Å²) in [6.07, 6.45) is 0. The lowest BCUT2D eigenvalue weighted by Crippen LogP contribution is -2.06. The lowest BCUT2D eigenvalue weighted by atomic mass is 10.0. The molecule has 4 heteroatoms. The molecule has 0 N–H and O–H groups in total. The van der Waals surface area contributed by atoms with E-state index >= 15 is 0 Å². The molecule has 3 rings (SSSR count). The summed E-state index contributed by atoms with van der Waals surface area (Å²) >= 11 is 12.8. The van der Waals surface area contributed by atoms with Crippen LogP contribution in [-0.2, 0) is 4.57 Å². The van der Waals surface area contributed by atoms with Gasteiger partial charge in [-0.1, -0.05) is 82.4 Å². The zero-order valence-corrected chi connectivity index (χ0v) is 14.6. The average molecular weight is 360 g/mol. The molecule has 0 spiro atoms. The smallest absolute Gasteiger partial charge is 0.0838 e. The average Bonchev–Trinajstić information content (AvgIpc) is 2.59. The Balaban J connectivity index is 2.18. The molecule has 0 fully saturated rings. The summed E-state index contributed by atoms with van der Waals surface area (Å²) in [6.45, 7) is 0. The number of benzene rings is 3. The molecule has 0 saturated heterocycles. The van der Waals surface area contributed by atoms with Crippen LogP contribution < -0.4 is 5.30 Å². The van der Waals surface area contributed by atoms with Crippen molar-refractivity contribution in [2.75, 3.05) is 0 Å². The monoisotopic (exact) mass is 359 g/mol. The van der Waals surface area contributed by atoms with Gasteiger partial charge in [-0.3, -0.25) is 0 Å². The van der Waals surface area contributed by atoms with Crippen LogP contribution in [-0.4, -0.2) is 0 Å². The van der Waals surface area contributed by atoms with Crippen LogP contribution in [0.25, 0.3) is 0 Å². The summed E-state index contributed by atoms with van der Waals surface area (Å²) in [5, 5.41) is 1.85. The highest BCUT2D eigenvalue weighted by Gasteiger charge is 2.38. The molecule has 2 atom stereocenters. The molecule has 0 saturated carbocycles. The van der Waals surface area contributed by atoms with Crippen LogP contribution in [0.2, 0.25) is 10.0 Å². The van der Waals surface area contributed by atoms with Crippen LogP contribution in [0.4, 0.5) is 0 Å². The first-order valence-corrected chi connectivity index (χ1v) is 9.27. The molecule has 2 unspecified atom stereocenters. The summed E-state index contributed by atoms with van der Waals surface area (Å²) in [5.41, 5.74) is 1.27. The van der Waals surface area contributed by atoms with E-state index in [0.717, 1.165) is 10.9 Å². The Morgan fingerprint density at radius 3 is 1.78 bits per heavy atom. The Morgan fingerprint density at radius 2 is 1.22 bits per heavy atom. The summed E-state index contributed by atoms with van der Waals surface area (Å²) in [7, 11) is -1.74. The second-order valence-corrected chi connectivity index (χ2v) is 7.61. The molecule has 0 aliphatic rings. The molecule has 0 aliphatic heterocycles. The van der Waals surface area contributed by atoms with Crippen LogP contribution in [0.1, 0.15) is 16.8 Å². The Hall–Kier alpha value is -1.66. The summed E-state index contributed by atoms with van der Waals surface area (Å²) in [6, 6.07) is 24.5. The molecule has 114 valence electrons. The Morgan fingerprint density at radius 1 is 0.696 bits per heavy atom. The maximum absolute atomic E-state index is 13.3. The first-order chi connectivity index (χ1) is 11.2. The minimum Gasteiger partial charge on any atom is -0.0838 e. The van der Waals surface area contributed by atoms with E-state index in [4.69, 9.17) is 23.2 Å². The van der Waals surface area contributed by atoms with E-state index in [0.29, 0.717) is 15.6 Å². The molecule has 0 heterocycles. The van der Waals surface area contributed by atoms with Gasteiger partial charge in [-0.25, -0.2) is 0 Å². The van der Waals surface area contributed by atoms with Crippen molar-refractivity contribution in [1.29, 1.82) is 0 Å². The van der Waals surface area contributed by atoms with Crippen molar-refractivity contribution in [2.24, 2.45) is 0 Å². The number of rotatable bonds is 4. The standard InChI is InChI=1S/C19H14Cl2OP/c20-16-12-7-13-17(21)18(16)19(14-8-3-1-4-9-14)23(22)15-10-5-2-6-11-15/h1-13,19H/q+1. The van der Waals surface area contributed by atoms with E-state index in [9.17, 15) is 4.57 Å². The van der Waals surface area contributed by atoms with Gasteiger partial charge in [-0.05, 0) is 24.3 Å². The second-order valence-electron chi connectivity index (χ2n) is 5.11. The predicted octanol–water partition coefficient (Wildman–Crippen LogP) is 6.24. The van der Waals surface area contributed by atoms with Crippen LogP contribution in [0, 0.1) is 0 Å². The molecular formula is C19H14Cl2OP+. The van der Waals surface area contributed by atoms with Crippen molar-refractivity contribution in [1.82, 2.24) is 0 Å². The molecule has 23 heavy (non-hydrogen) atoms. The quantitative estimate of drug-likeness (QED) is 0.504. The second kappa shape index (κ2) is 7.27. The molecule has 1 nitrogen and oxygen atoms in total. The van der Waals surface area contributed by atoms with E-state index < -0.39 is 7.80 Å². The minimum absolute atomic E-state index is 0.380. The normalized spacial score (nSPS) is 12.7. The fourth-order valence-corrected chi connectivity index (χ4v) is 5.04. The largest absolute Gasteiger partial charge is 0.389 e. The van der Waals surface area contributed by atoms with Crippen LogP contribution in [0.3, 0.4) is 0 Å². The van der Waals surface area contributed by atoms with Gasteiger partial charge in [0.05, 0.1) is 10.0 Å². The third-order valence-electron chi connectivity index (χ3n) is 3.63. The Kier molecular flexibility index (Phi) is 5.13. The van der Waals surface area contributed by atoms with Crippen molar-refractivity contribution in [3.05, 3.63) is 100 Å². The third-order valence-corrected chi connectivity index (χ3v) is 6.13. The van der Waals surface area contributed by atoms with Gasteiger partial charge in [0, 0.05) is 11.1 Å². The zero-order chi connectivity index (χ0) is 16.2. The van der Waals surface area contributed by atoms with Gasteiger partial charge in [0.1, 0.15) is 0 Å². The van der Waals surface area contributed by atoms with Crippen molar-refractivity contribution in [3.8, 4) is 0 Å². The van der Waals surface area contributed by atoms with Crippen LogP contribution in [0.5, 0.6) is 0 Å². The first kappa shape index (κ1) is 16.2. The molecule has 0 amide bonds. The fourth-order valence-electron chi connectivity index (χ4n) is 2.55. The van der Waals surface area contributed by atoms with Crippen molar-refractivity contribution in [3.63, 3.8) is 0 Å². The van der Waals surface area contributed by atoms with Gasteiger partial charge in [-0.2, -0.15) is 0 Å². The molecule has 3 aromatic carbocycles. The van der Waals surface area contributed by atoms with Crippen molar-refractivity contribution < 1.29 is 4.57 Å². The number of halogens is 2. The molecular weight excluding hydrogens is 346 g/mol. The van der Waals surface area contributed by atoms with E-state index in [1.54, 1.807) is 18.2 Å². The minimum atomic E-state index is -1.74. The summed E-state index contributed by atoms with van der Waals surface area (Å²) in [4.78, 5) is 0. The third kappa shape index (κ3) is 3.48. The number of hydrogen-bond donors (Lipinski definition) is 0. The molecule has 0 aromatic heterocycles. The molecule has 0 bridgehead atoms. The first-order valence-electron chi connectivity index (χ1n) is 7.19. The van der Waals surface area contributed by atoms with E-state index in [2.05, 4.69) is 0 Å². The molecule has 0 radical (unpaired) electrons. The van der Waals surface area contributed by atoms with Crippen LogP contribution in [0.15, 0.2) is 78.9 Å². The zero-order valence-electron chi connectivity index (χ0n) is 12.2. The fraction of sp³-hybridized carbons (Fsp3) is 0.0526. The topological polar surface area (TPSA) is 17.1 Å². The maximum Gasteiger partial charge on any atom is 0.389 e. The lowest BCUT2D eigenvalue weighted by molar-refractivity contribution is 0.589. The van der Waals surface area contributed by atoms with E-state index in [-0.39, 0.29) is 5.66 Å². The van der Waals surface area contributed by atoms with E-state index in [1.807, 2.05) is 60.7 Å². The van der Waals surface area contributed by atoms with Gasteiger partial charge < -0.3 is 0 Å². The maximum atomic E-state index is 13.3. The summed E-state index contributed by atoms with van der Waals surface area (Å²) < 4.78 is 13.3. The number of hydrogen-bond acceptors (Lipinski definition) is 1. The molecule has 0 aliphatic carbocycles. The van der Waals surface area contributed by atoms with Crippen molar-refractivity contribution >= 4 is 36.3 Å². The van der Waals surface area contributed by atoms with Gasteiger partial charge >= 0.3 is 7.80 Å². The van der Waals surface area contributed by atoms with Crippen molar-refractivity contribution in [2.45, 2.75) is 5.66 Å². The summed E-state index contributed by atoms with van der Waals surface area (Å²) in [5.74, 6) is 0.